The van der Waals surface area contributed by atoms with Crippen LogP contribution in [0.3, 0.4) is 0 Å². The van der Waals surface area contributed by atoms with E-state index in [1.807, 2.05) is 6.92 Å². The molecule has 0 saturated heterocycles. The summed E-state index contributed by atoms with van der Waals surface area (Å²) in [4.78, 5) is 10.4. The Morgan fingerprint density at radius 2 is 2.20 bits per heavy atom. The molecule has 0 aromatic rings. The Morgan fingerprint density at radius 3 is 2.73 bits per heavy atom. The number of aliphatic hydroxyl groups is 1. The lowest BCUT2D eigenvalue weighted by Crippen LogP contribution is -2.17. The summed E-state index contributed by atoms with van der Waals surface area (Å²) in [5, 5.41) is 20.5. The van der Waals surface area contributed by atoms with E-state index in [1.165, 1.54) is 0 Å². The van der Waals surface area contributed by atoms with Crippen molar-refractivity contribution >= 4 is 5.97 Å². The zero-order valence-corrected chi connectivity index (χ0v) is 9.49. The third-order valence-electron chi connectivity index (χ3n) is 2.25. The number of hydrogen-bond donors (Lipinski definition) is 3. The van der Waals surface area contributed by atoms with Crippen molar-refractivity contribution in [2.24, 2.45) is 5.92 Å². The summed E-state index contributed by atoms with van der Waals surface area (Å²) in [6.07, 6.45) is 3.66. The Kier molecular flexibility index (Phi) is 7.95. The van der Waals surface area contributed by atoms with Gasteiger partial charge in [-0.25, -0.2) is 4.79 Å². The lowest BCUT2D eigenvalue weighted by Gasteiger charge is -2.07. The monoisotopic (exact) mass is 215 g/mol. The highest BCUT2D eigenvalue weighted by molar-refractivity contribution is 5.85. The fourth-order valence-electron chi connectivity index (χ4n) is 1.08. The average molecular weight is 215 g/mol. The van der Waals surface area contributed by atoms with Crippen molar-refractivity contribution < 1.29 is 15.0 Å². The molecule has 0 aliphatic carbocycles. The Balaban J connectivity index is 3.40. The minimum atomic E-state index is -0.870. The first-order valence-electron chi connectivity index (χ1n) is 5.29. The lowest BCUT2D eigenvalue weighted by molar-refractivity contribution is -0.132. The largest absolute Gasteiger partial charge is 0.478 e. The van der Waals surface area contributed by atoms with E-state index in [0.717, 1.165) is 19.4 Å². The Hall–Kier alpha value is -0.870. The van der Waals surface area contributed by atoms with E-state index in [0.29, 0.717) is 18.0 Å². The van der Waals surface area contributed by atoms with E-state index >= 15 is 0 Å². The van der Waals surface area contributed by atoms with Crippen molar-refractivity contribution in [1.29, 1.82) is 0 Å². The minimum Gasteiger partial charge on any atom is -0.478 e. The van der Waals surface area contributed by atoms with Gasteiger partial charge in [-0.2, -0.15) is 0 Å². The molecule has 4 heteroatoms. The molecule has 0 heterocycles. The van der Waals surface area contributed by atoms with Crippen LogP contribution in [0, 0.1) is 5.92 Å². The van der Waals surface area contributed by atoms with Crippen LogP contribution in [0.4, 0.5) is 0 Å². The predicted octanol–water partition coefficient (Wildman–Crippen LogP) is 1.02. The SMILES string of the molecule is C/C(=C/CNCCCC(C)CO)C(=O)O. The molecule has 0 radical (unpaired) electrons. The minimum absolute atomic E-state index is 0.234. The average Bonchev–Trinajstić information content (AvgIpc) is 2.22. The van der Waals surface area contributed by atoms with Crippen molar-refractivity contribution in [2.45, 2.75) is 26.7 Å². The summed E-state index contributed by atoms with van der Waals surface area (Å²) in [6.45, 7) is 5.27. The van der Waals surface area contributed by atoms with Gasteiger partial charge in [0.15, 0.2) is 0 Å². The molecule has 0 aromatic heterocycles. The number of aliphatic hydroxyl groups excluding tert-OH is 1. The maximum atomic E-state index is 10.4. The maximum absolute atomic E-state index is 10.4. The molecule has 3 N–H and O–H groups in total. The summed E-state index contributed by atoms with van der Waals surface area (Å²) < 4.78 is 0. The molecular weight excluding hydrogens is 194 g/mol. The van der Waals surface area contributed by atoms with Gasteiger partial charge in [0, 0.05) is 18.7 Å². The van der Waals surface area contributed by atoms with E-state index in [-0.39, 0.29) is 6.61 Å². The molecule has 0 saturated carbocycles. The van der Waals surface area contributed by atoms with Crippen LogP contribution in [-0.2, 0) is 4.79 Å². The lowest BCUT2D eigenvalue weighted by atomic mass is 10.1. The molecule has 0 spiro atoms. The van der Waals surface area contributed by atoms with Gasteiger partial charge in [-0.3, -0.25) is 0 Å². The first-order valence-corrected chi connectivity index (χ1v) is 5.29. The van der Waals surface area contributed by atoms with Crippen molar-refractivity contribution in [3.63, 3.8) is 0 Å². The van der Waals surface area contributed by atoms with Crippen molar-refractivity contribution in [3.05, 3.63) is 11.6 Å². The van der Waals surface area contributed by atoms with E-state index in [2.05, 4.69) is 5.32 Å². The van der Waals surface area contributed by atoms with Gasteiger partial charge in [0.05, 0.1) is 0 Å². The zero-order chi connectivity index (χ0) is 11.7. The van der Waals surface area contributed by atoms with Crippen LogP contribution in [0.1, 0.15) is 26.7 Å². The van der Waals surface area contributed by atoms with Gasteiger partial charge in [0.25, 0.3) is 0 Å². The summed E-state index contributed by atoms with van der Waals surface area (Å²) in [6, 6.07) is 0. The van der Waals surface area contributed by atoms with Crippen LogP contribution < -0.4 is 5.32 Å². The molecular formula is C11H21NO3. The number of carbonyl (C=O) groups is 1. The molecule has 1 unspecified atom stereocenters. The number of aliphatic carboxylic acids is 1. The number of hydrogen-bond acceptors (Lipinski definition) is 3. The molecule has 88 valence electrons. The van der Waals surface area contributed by atoms with E-state index in [1.54, 1.807) is 13.0 Å². The van der Waals surface area contributed by atoms with E-state index in [4.69, 9.17) is 10.2 Å². The summed E-state index contributed by atoms with van der Waals surface area (Å²) >= 11 is 0. The Morgan fingerprint density at radius 1 is 1.53 bits per heavy atom. The van der Waals surface area contributed by atoms with Gasteiger partial charge in [0.2, 0.25) is 0 Å². The smallest absolute Gasteiger partial charge is 0.330 e. The molecule has 0 rings (SSSR count). The Bertz CT molecular complexity index is 214. The van der Waals surface area contributed by atoms with Crippen LogP contribution in [0.5, 0.6) is 0 Å². The third-order valence-corrected chi connectivity index (χ3v) is 2.25. The maximum Gasteiger partial charge on any atom is 0.330 e. The summed E-state index contributed by atoms with van der Waals surface area (Å²) in [7, 11) is 0. The van der Waals surface area contributed by atoms with E-state index in [9.17, 15) is 4.79 Å². The molecule has 15 heavy (non-hydrogen) atoms. The summed E-state index contributed by atoms with van der Waals surface area (Å²) in [5.41, 5.74) is 0.367. The summed E-state index contributed by atoms with van der Waals surface area (Å²) in [5.74, 6) is -0.520. The molecule has 1 atom stereocenters. The molecule has 0 aliphatic heterocycles. The zero-order valence-electron chi connectivity index (χ0n) is 9.49. The highest BCUT2D eigenvalue weighted by Gasteiger charge is 1.99. The van der Waals surface area contributed by atoms with Crippen LogP contribution >= 0.6 is 0 Å². The van der Waals surface area contributed by atoms with Gasteiger partial charge in [-0.1, -0.05) is 13.0 Å². The van der Waals surface area contributed by atoms with Crippen LogP contribution in [0.25, 0.3) is 0 Å². The highest BCUT2D eigenvalue weighted by Crippen LogP contribution is 2.02. The topological polar surface area (TPSA) is 69.6 Å². The van der Waals surface area contributed by atoms with Crippen LogP contribution in [0.15, 0.2) is 11.6 Å². The molecule has 0 bridgehead atoms. The molecule has 0 aromatic carbocycles. The van der Waals surface area contributed by atoms with Gasteiger partial charge in [-0.05, 0) is 32.2 Å². The Labute approximate surface area is 91.0 Å². The molecule has 0 aliphatic rings. The fraction of sp³-hybridized carbons (Fsp3) is 0.727. The van der Waals surface area contributed by atoms with Gasteiger partial charge in [0.1, 0.15) is 0 Å². The molecule has 0 fully saturated rings. The first-order chi connectivity index (χ1) is 7.07. The second-order valence-corrected chi connectivity index (χ2v) is 3.83. The van der Waals surface area contributed by atoms with Crippen molar-refractivity contribution in [1.82, 2.24) is 5.32 Å². The number of nitrogens with one attached hydrogen (secondary N) is 1. The second-order valence-electron chi connectivity index (χ2n) is 3.83. The van der Waals surface area contributed by atoms with Gasteiger partial charge in [-0.15, -0.1) is 0 Å². The molecule has 4 nitrogen and oxygen atoms in total. The van der Waals surface area contributed by atoms with Gasteiger partial charge < -0.3 is 15.5 Å². The van der Waals surface area contributed by atoms with Crippen LogP contribution in [-0.4, -0.2) is 35.9 Å². The quantitative estimate of drug-likeness (QED) is 0.417. The third kappa shape index (κ3) is 8.15. The standard InChI is InChI=1S/C11H21NO3/c1-9(8-13)4-3-6-12-7-5-10(2)11(14)15/h5,9,12-13H,3-4,6-8H2,1-2H3,(H,14,15)/b10-5-. The first kappa shape index (κ1) is 14.1. The van der Waals surface area contributed by atoms with Crippen molar-refractivity contribution in [3.8, 4) is 0 Å². The number of carboxylic acid groups (broad SMARTS) is 1. The second kappa shape index (κ2) is 8.44. The fourth-order valence-corrected chi connectivity index (χ4v) is 1.08. The van der Waals surface area contributed by atoms with Crippen LogP contribution in [0.2, 0.25) is 0 Å². The molecule has 0 amide bonds. The normalized spacial score (nSPS) is 13.9. The van der Waals surface area contributed by atoms with Gasteiger partial charge >= 0.3 is 5.97 Å². The predicted molar refractivity (Wildman–Crippen MR) is 59.7 cm³/mol. The number of rotatable bonds is 8. The highest BCUT2D eigenvalue weighted by atomic mass is 16.4. The number of carboxylic acids is 1. The van der Waals surface area contributed by atoms with E-state index < -0.39 is 5.97 Å². The van der Waals surface area contributed by atoms with Crippen molar-refractivity contribution in [2.75, 3.05) is 19.7 Å².